The van der Waals surface area contributed by atoms with Crippen molar-refractivity contribution in [3.63, 3.8) is 0 Å². The van der Waals surface area contributed by atoms with Crippen LogP contribution in [0.2, 0.25) is 0 Å². The van der Waals surface area contributed by atoms with Gasteiger partial charge in [-0.3, -0.25) is 10.2 Å². The van der Waals surface area contributed by atoms with E-state index < -0.39 is 11.6 Å². The van der Waals surface area contributed by atoms with E-state index in [2.05, 4.69) is 0 Å². The Morgan fingerprint density at radius 1 is 1.25 bits per heavy atom. The number of amides is 1. The Labute approximate surface area is 145 Å². The average molecular weight is 343 g/mol. The van der Waals surface area contributed by atoms with Crippen LogP contribution in [-0.2, 0) is 9.53 Å². The summed E-state index contributed by atoms with van der Waals surface area (Å²) in [6.45, 7) is 8.37. The molecule has 0 aromatic heterocycles. The number of carbonyl (C=O) groups excluding carboxylic acids is 1. The number of carboxylic acid groups (broad SMARTS) is 1. The fraction of sp³-hybridized carbons (Fsp3) is 0.824. The van der Waals surface area contributed by atoms with Crippen LogP contribution in [0.5, 0.6) is 0 Å². The average Bonchev–Trinajstić information content (AvgIpc) is 2.41. The predicted molar refractivity (Wildman–Crippen MR) is 94.2 cm³/mol. The first-order chi connectivity index (χ1) is 11.0. The molecule has 0 radical (unpaired) electrons. The van der Waals surface area contributed by atoms with E-state index >= 15 is 0 Å². The summed E-state index contributed by atoms with van der Waals surface area (Å²) in [5, 5.41) is 14.6. The molecule has 0 aromatic carbocycles. The summed E-state index contributed by atoms with van der Waals surface area (Å²) in [5.74, 6) is 0.144. The van der Waals surface area contributed by atoms with E-state index in [1.807, 2.05) is 25.7 Å². The van der Waals surface area contributed by atoms with Gasteiger partial charge in [-0.2, -0.15) is 0 Å². The van der Waals surface area contributed by atoms with Gasteiger partial charge in [-0.05, 0) is 46.0 Å². The first-order valence-corrected chi connectivity index (χ1v) is 8.51. The number of carbonyl (C=O) groups is 2. The minimum Gasteiger partial charge on any atom is -0.481 e. The minimum absolute atomic E-state index is 0.187. The SMILES string of the molecule is CC(=O)O.CC(C)(C)OC(=O)N1CCC(CCCCC(=N)N)CC1. The van der Waals surface area contributed by atoms with Gasteiger partial charge in [0.15, 0.2) is 0 Å². The number of piperidine rings is 1. The molecule has 0 bridgehead atoms. The highest BCUT2D eigenvalue weighted by atomic mass is 16.6. The van der Waals surface area contributed by atoms with Gasteiger partial charge in [0.2, 0.25) is 0 Å². The summed E-state index contributed by atoms with van der Waals surface area (Å²) in [7, 11) is 0. The quantitative estimate of drug-likeness (QED) is 0.402. The number of aliphatic carboxylic acids is 1. The molecule has 0 unspecified atom stereocenters. The number of rotatable bonds is 5. The highest BCUT2D eigenvalue weighted by molar-refractivity contribution is 5.76. The molecule has 1 amide bonds. The number of amidine groups is 1. The maximum Gasteiger partial charge on any atom is 0.410 e. The Bertz CT molecular complexity index is 407. The summed E-state index contributed by atoms with van der Waals surface area (Å²) in [5.41, 5.74) is 4.92. The Morgan fingerprint density at radius 2 is 1.75 bits per heavy atom. The van der Waals surface area contributed by atoms with Gasteiger partial charge < -0.3 is 20.5 Å². The Balaban J connectivity index is 0.00000118. The van der Waals surface area contributed by atoms with Crippen molar-refractivity contribution in [2.45, 2.75) is 71.8 Å². The van der Waals surface area contributed by atoms with Crippen LogP contribution in [-0.4, -0.2) is 46.6 Å². The number of likely N-dealkylation sites (tertiary alicyclic amines) is 1. The summed E-state index contributed by atoms with van der Waals surface area (Å²) >= 11 is 0. The molecule has 0 aromatic rings. The molecule has 1 fully saturated rings. The van der Waals surface area contributed by atoms with Crippen molar-refractivity contribution >= 4 is 17.9 Å². The Morgan fingerprint density at radius 3 is 2.17 bits per heavy atom. The van der Waals surface area contributed by atoms with E-state index in [0.717, 1.165) is 45.7 Å². The van der Waals surface area contributed by atoms with E-state index in [0.29, 0.717) is 12.3 Å². The van der Waals surface area contributed by atoms with Gasteiger partial charge >= 0.3 is 6.09 Å². The van der Waals surface area contributed by atoms with E-state index in [1.54, 1.807) is 0 Å². The number of hydrogen-bond acceptors (Lipinski definition) is 4. The van der Waals surface area contributed by atoms with Crippen LogP contribution >= 0.6 is 0 Å². The van der Waals surface area contributed by atoms with E-state index in [1.165, 1.54) is 6.42 Å². The molecule has 7 heteroatoms. The lowest BCUT2D eigenvalue weighted by atomic mass is 9.91. The van der Waals surface area contributed by atoms with Crippen molar-refractivity contribution < 1.29 is 19.4 Å². The van der Waals surface area contributed by atoms with Crippen LogP contribution in [0.3, 0.4) is 0 Å². The third-order valence-electron chi connectivity index (χ3n) is 3.57. The van der Waals surface area contributed by atoms with E-state index in [4.69, 9.17) is 25.8 Å². The zero-order chi connectivity index (χ0) is 18.8. The predicted octanol–water partition coefficient (Wildman–Crippen LogP) is 3.22. The number of unbranched alkanes of at least 4 members (excludes halogenated alkanes) is 1. The molecule has 0 saturated carbocycles. The fourth-order valence-corrected chi connectivity index (χ4v) is 2.48. The largest absolute Gasteiger partial charge is 0.481 e. The second-order valence-corrected chi connectivity index (χ2v) is 7.20. The lowest BCUT2D eigenvalue weighted by Crippen LogP contribution is -2.41. The Kier molecular flexibility index (Phi) is 10.1. The van der Waals surface area contributed by atoms with E-state index in [9.17, 15) is 4.79 Å². The minimum atomic E-state index is -0.833. The van der Waals surface area contributed by atoms with Gasteiger partial charge in [0.05, 0.1) is 5.84 Å². The van der Waals surface area contributed by atoms with Gasteiger partial charge in [-0.1, -0.05) is 12.8 Å². The van der Waals surface area contributed by atoms with Crippen LogP contribution in [0.15, 0.2) is 0 Å². The Hall–Kier alpha value is -1.79. The molecule has 1 aliphatic rings. The van der Waals surface area contributed by atoms with Crippen molar-refractivity contribution in [2.24, 2.45) is 11.7 Å². The van der Waals surface area contributed by atoms with E-state index in [-0.39, 0.29) is 11.9 Å². The molecule has 1 rings (SSSR count). The second kappa shape index (κ2) is 10.9. The number of nitrogens with two attached hydrogens (primary N) is 1. The molecule has 0 spiro atoms. The summed E-state index contributed by atoms with van der Waals surface area (Å²) in [4.78, 5) is 22.7. The molecular weight excluding hydrogens is 310 g/mol. The van der Waals surface area contributed by atoms with Crippen LogP contribution in [0.1, 0.15) is 66.2 Å². The maximum atomic E-state index is 11.9. The normalized spacial score (nSPS) is 15.2. The number of nitrogens with zero attached hydrogens (tertiary/aromatic N) is 1. The molecule has 0 aliphatic carbocycles. The lowest BCUT2D eigenvalue weighted by molar-refractivity contribution is -0.134. The van der Waals surface area contributed by atoms with Crippen molar-refractivity contribution in [3.8, 4) is 0 Å². The van der Waals surface area contributed by atoms with Crippen LogP contribution in [0.4, 0.5) is 4.79 Å². The smallest absolute Gasteiger partial charge is 0.410 e. The van der Waals surface area contributed by atoms with Gasteiger partial charge in [-0.15, -0.1) is 0 Å². The first kappa shape index (κ1) is 22.2. The van der Waals surface area contributed by atoms with Crippen molar-refractivity contribution in [1.29, 1.82) is 5.41 Å². The van der Waals surface area contributed by atoms with Crippen LogP contribution in [0.25, 0.3) is 0 Å². The fourth-order valence-electron chi connectivity index (χ4n) is 2.48. The molecule has 1 heterocycles. The molecule has 24 heavy (non-hydrogen) atoms. The monoisotopic (exact) mass is 343 g/mol. The molecule has 4 N–H and O–H groups in total. The van der Waals surface area contributed by atoms with Crippen molar-refractivity contribution in [1.82, 2.24) is 4.90 Å². The maximum absolute atomic E-state index is 11.9. The van der Waals surface area contributed by atoms with Crippen molar-refractivity contribution in [3.05, 3.63) is 0 Å². The van der Waals surface area contributed by atoms with Gasteiger partial charge in [0.25, 0.3) is 5.97 Å². The third kappa shape index (κ3) is 12.7. The van der Waals surface area contributed by atoms with Crippen molar-refractivity contribution in [2.75, 3.05) is 13.1 Å². The highest BCUT2D eigenvalue weighted by Crippen LogP contribution is 2.24. The molecule has 7 nitrogen and oxygen atoms in total. The van der Waals surface area contributed by atoms with Crippen LogP contribution < -0.4 is 5.73 Å². The molecule has 1 saturated heterocycles. The lowest BCUT2D eigenvalue weighted by Gasteiger charge is -2.33. The van der Waals surface area contributed by atoms with Gasteiger partial charge in [0.1, 0.15) is 5.60 Å². The first-order valence-electron chi connectivity index (χ1n) is 8.51. The summed E-state index contributed by atoms with van der Waals surface area (Å²) in [6.07, 6.45) is 5.93. The number of carboxylic acids is 1. The number of hydrogen-bond donors (Lipinski definition) is 3. The summed E-state index contributed by atoms with van der Waals surface area (Å²) in [6, 6.07) is 0. The van der Waals surface area contributed by atoms with Gasteiger partial charge in [0, 0.05) is 26.4 Å². The number of nitrogens with one attached hydrogen (secondary N) is 1. The van der Waals surface area contributed by atoms with Crippen LogP contribution in [0, 0.1) is 11.3 Å². The number of ether oxygens (including phenoxy) is 1. The zero-order valence-corrected chi connectivity index (χ0v) is 15.4. The topological polar surface area (TPSA) is 117 Å². The second-order valence-electron chi connectivity index (χ2n) is 7.20. The molecule has 1 aliphatic heterocycles. The highest BCUT2D eigenvalue weighted by Gasteiger charge is 2.26. The molecular formula is C17H33N3O4. The zero-order valence-electron chi connectivity index (χ0n) is 15.4. The molecule has 0 atom stereocenters. The molecule has 140 valence electrons. The standard InChI is InChI=1S/C15H29N3O2.C2H4O2/c1-15(2,3)20-14(19)18-10-8-12(9-11-18)6-4-5-7-13(16)17;1-2(3)4/h12H,4-11H2,1-3H3,(H3,16,17);1H3,(H,3,4). The third-order valence-corrected chi connectivity index (χ3v) is 3.57. The van der Waals surface area contributed by atoms with Gasteiger partial charge in [-0.25, -0.2) is 4.79 Å². The summed E-state index contributed by atoms with van der Waals surface area (Å²) < 4.78 is 5.39.